The summed E-state index contributed by atoms with van der Waals surface area (Å²) < 4.78 is 32.9. The molecule has 0 aromatic heterocycles. The Morgan fingerprint density at radius 2 is 1.90 bits per heavy atom. The van der Waals surface area contributed by atoms with E-state index < -0.39 is 47.0 Å². The number of halogens is 3. The second-order valence-corrected chi connectivity index (χ2v) is 10.6. The van der Waals surface area contributed by atoms with Gasteiger partial charge in [-0.05, 0) is 43.4 Å². The van der Waals surface area contributed by atoms with Crippen molar-refractivity contribution in [3.05, 3.63) is 65.7 Å². The number of urea groups is 1. The second-order valence-electron chi connectivity index (χ2n) is 10.0. The van der Waals surface area contributed by atoms with Crippen LogP contribution in [-0.4, -0.2) is 54.8 Å². The van der Waals surface area contributed by atoms with Crippen molar-refractivity contribution in [2.24, 2.45) is 10.9 Å². The Morgan fingerprint density at radius 3 is 2.51 bits per heavy atom. The fourth-order valence-corrected chi connectivity index (χ4v) is 5.95. The maximum atomic E-state index is 14.3. The van der Waals surface area contributed by atoms with Gasteiger partial charge in [0.2, 0.25) is 5.91 Å². The molecule has 0 bridgehead atoms. The van der Waals surface area contributed by atoms with Crippen molar-refractivity contribution in [3.8, 4) is 6.07 Å². The van der Waals surface area contributed by atoms with E-state index in [4.69, 9.17) is 4.74 Å². The average molecular weight is 630 g/mol. The average Bonchev–Trinajstić information content (AvgIpc) is 2.99. The molecule has 41 heavy (non-hydrogen) atoms. The van der Waals surface area contributed by atoms with Crippen molar-refractivity contribution in [2.75, 3.05) is 23.9 Å². The van der Waals surface area contributed by atoms with Gasteiger partial charge in [0.05, 0.1) is 24.3 Å². The normalized spacial score (nSPS) is 24.0. The van der Waals surface area contributed by atoms with Gasteiger partial charge in [0, 0.05) is 36.1 Å². The van der Waals surface area contributed by atoms with E-state index in [-0.39, 0.29) is 35.7 Å². The molecule has 216 valence electrons. The van der Waals surface area contributed by atoms with Crippen LogP contribution in [0.5, 0.6) is 0 Å². The van der Waals surface area contributed by atoms with E-state index in [0.717, 1.165) is 42.5 Å². The Morgan fingerprint density at radius 1 is 1.20 bits per heavy atom. The molecule has 2 unspecified atom stereocenters. The van der Waals surface area contributed by atoms with Gasteiger partial charge in [0.25, 0.3) is 0 Å². The van der Waals surface area contributed by atoms with Crippen LogP contribution in [0.1, 0.15) is 37.7 Å². The SMILES string of the molecule is COC(=O)C1C(CBr)=NC(=O)NC1N(C(=O)CCNC1CCC(C#N)(c2ccccc2)CC1)c1ccc(F)c(F)c1. The Hall–Kier alpha value is -3.69. The minimum atomic E-state index is -1.28. The third-order valence-electron chi connectivity index (χ3n) is 7.66. The minimum Gasteiger partial charge on any atom is -0.468 e. The first-order valence-electron chi connectivity index (χ1n) is 13.2. The van der Waals surface area contributed by atoms with Crippen LogP contribution in [0.25, 0.3) is 0 Å². The zero-order valence-corrected chi connectivity index (χ0v) is 24.0. The standard InChI is InChI=1S/C29H30BrF2N5O4/c1-41-27(39)25-23(16-30)35-28(40)36-26(25)37(20-7-8-21(31)22(32)15-20)24(38)11-14-34-19-9-12-29(17-33,13-10-19)18-5-3-2-4-6-18/h2-8,15,19,25-26,34H,9-14,16H2,1H3,(H,36,40). The summed E-state index contributed by atoms with van der Waals surface area (Å²) in [6.07, 6.45) is 1.45. The number of rotatable bonds is 9. The number of esters is 1. The number of nitriles is 1. The predicted octanol–water partition coefficient (Wildman–Crippen LogP) is 4.36. The molecule has 1 fully saturated rings. The van der Waals surface area contributed by atoms with Crippen LogP contribution < -0.4 is 15.5 Å². The van der Waals surface area contributed by atoms with Gasteiger partial charge in [0.1, 0.15) is 12.1 Å². The van der Waals surface area contributed by atoms with Crippen LogP contribution >= 0.6 is 15.9 Å². The number of hydrogen-bond donors (Lipinski definition) is 2. The number of hydrogen-bond acceptors (Lipinski definition) is 6. The molecule has 1 aliphatic carbocycles. The van der Waals surface area contributed by atoms with Gasteiger partial charge in [0.15, 0.2) is 11.6 Å². The summed E-state index contributed by atoms with van der Waals surface area (Å²) in [6.45, 7) is 0.248. The highest BCUT2D eigenvalue weighted by Gasteiger charge is 2.44. The highest BCUT2D eigenvalue weighted by atomic mass is 79.9. The van der Waals surface area contributed by atoms with Crippen molar-refractivity contribution >= 4 is 45.2 Å². The lowest BCUT2D eigenvalue weighted by molar-refractivity contribution is -0.143. The minimum absolute atomic E-state index is 0.0387. The summed E-state index contributed by atoms with van der Waals surface area (Å²) in [5.41, 5.74) is 0.545. The van der Waals surface area contributed by atoms with Crippen LogP contribution in [0.15, 0.2) is 53.5 Å². The molecular formula is C29H30BrF2N5O4. The number of benzene rings is 2. The lowest BCUT2D eigenvalue weighted by Gasteiger charge is -2.38. The molecule has 2 aromatic carbocycles. The van der Waals surface area contributed by atoms with E-state index in [2.05, 4.69) is 37.6 Å². The molecule has 4 rings (SSSR count). The van der Waals surface area contributed by atoms with E-state index in [1.807, 2.05) is 30.3 Å². The number of alkyl halides is 1. The number of methoxy groups -OCH3 is 1. The summed E-state index contributed by atoms with van der Waals surface area (Å²) in [6, 6.07) is 14.4. The smallest absolute Gasteiger partial charge is 0.342 e. The van der Waals surface area contributed by atoms with Crippen LogP contribution in [0, 0.1) is 28.9 Å². The van der Waals surface area contributed by atoms with Gasteiger partial charge >= 0.3 is 12.0 Å². The Balaban J connectivity index is 1.49. The number of nitrogens with zero attached hydrogens (tertiary/aromatic N) is 3. The lowest BCUT2D eigenvalue weighted by Crippen LogP contribution is -2.61. The Kier molecular flexibility index (Phi) is 9.83. The van der Waals surface area contributed by atoms with E-state index in [9.17, 15) is 28.4 Å². The molecule has 3 amide bonds. The van der Waals surface area contributed by atoms with E-state index >= 15 is 0 Å². The number of carbonyl (C=O) groups is 3. The largest absolute Gasteiger partial charge is 0.468 e. The van der Waals surface area contributed by atoms with Crippen LogP contribution in [0.2, 0.25) is 0 Å². The first-order chi connectivity index (χ1) is 19.7. The van der Waals surface area contributed by atoms with Crippen LogP contribution in [0.4, 0.5) is 19.3 Å². The monoisotopic (exact) mass is 629 g/mol. The van der Waals surface area contributed by atoms with Gasteiger partial charge in [-0.25, -0.2) is 18.6 Å². The van der Waals surface area contributed by atoms with Crippen molar-refractivity contribution in [2.45, 2.75) is 49.7 Å². The summed E-state index contributed by atoms with van der Waals surface area (Å²) in [7, 11) is 1.16. The van der Waals surface area contributed by atoms with Gasteiger partial charge in [-0.1, -0.05) is 46.3 Å². The van der Waals surface area contributed by atoms with Crippen molar-refractivity contribution in [1.29, 1.82) is 5.26 Å². The fourth-order valence-electron chi connectivity index (χ4n) is 5.48. The summed E-state index contributed by atoms with van der Waals surface area (Å²) in [5.74, 6) is -4.77. The number of aliphatic imine (C=N–C) groups is 1. The first kappa shape index (κ1) is 30.3. The molecule has 9 nitrogen and oxygen atoms in total. The first-order valence-corrected chi connectivity index (χ1v) is 14.3. The number of amides is 3. The zero-order chi connectivity index (χ0) is 29.6. The van der Waals surface area contributed by atoms with Crippen molar-refractivity contribution in [3.63, 3.8) is 0 Å². The highest BCUT2D eigenvalue weighted by molar-refractivity contribution is 9.09. The molecule has 0 spiro atoms. The number of carbonyl (C=O) groups excluding carboxylic acids is 3. The zero-order valence-electron chi connectivity index (χ0n) is 22.4. The quantitative estimate of drug-likeness (QED) is 0.314. The van der Waals surface area contributed by atoms with Gasteiger partial charge in [-0.2, -0.15) is 5.26 Å². The Labute approximate surface area is 245 Å². The fraction of sp³-hybridized carbons (Fsp3) is 0.414. The maximum Gasteiger partial charge on any atom is 0.342 e. The van der Waals surface area contributed by atoms with E-state index in [1.165, 1.54) is 6.07 Å². The van der Waals surface area contributed by atoms with Crippen molar-refractivity contribution < 1.29 is 27.9 Å². The highest BCUT2D eigenvalue weighted by Crippen LogP contribution is 2.39. The van der Waals surface area contributed by atoms with Crippen molar-refractivity contribution in [1.82, 2.24) is 10.6 Å². The molecule has 2 aromatic rings. The summed E-state index contributed by atoms with van der Waals surface area (Å²) in [4.78, 5) is 43.7. The lowest BCUT2D eigenvalue weighted by atomic mass is 9.69. The molecule has 2 N–H and O–H groups in total. The summed E-state index contributed by atoms with van der Waals surface area (Å²) >= 11 is 3.22. The number of nitrogens with one attached hydrogen (secondary N) is 2. The Bertz CT molecular complexity index is 1360. The third kappa shape index (κ3) is 6.63. The second kappa shape index (κ2) is 13.3. The van der Waals surface area contributed by atoms with E-state index in [0.29, 0.717) is 12.8 Å². The van der Waals surface area contributed by atoms with Gasteiger partial charge < -0.3 is 15.4 Å². The summed E-state index contributed by atoms with van der Waals surface area (Å²) in [5, 5.41) is 15.9. The molecule has 1 aliphatic heterocycles. The molecule has 12 heteroatoms. The van der Waals surface area contributed by atoms with Crippen LogP contribution in [-0.2, 0) is 19.7 Å². The number of ether oxygens (including phenoxy) is 1. The molecule has 2 atom stereocenters. The molecular weight excluding hydrogens is 600 g/mol. The van der Waals surface area contributed by atoms with Gasteiger partial charge in [-0.3, -0.25) is 14.5 Å². The third-order valence-corrected chi connectivity index (χ3v) is 8.24. The predicted molar refractivity (Wildman–Crippen MR) is 152 cm³/mol. The molecule has 2 aliphatic rings. The topological polar surface area (TPSA) is 124 Å². The number of anilines is 1. The van der Waals surface area contributed by atoms with Crippen LogP contribution in [0.3, 0.4) is 0 Å². The molecule has 0 saturated heterocycles. The maximum absolute atomic E-state index is 14.3. The van der Waals surface area contributed by atoms with Gasteiger partial charge in [-0.15, -0.1) is 0 Å². The molecule has 0 radical (unpaired) electrons. The molecule has 1 saturated carbocycles. The molecule has 1 heterocycles. The van der Waals surface area contributed by atoms with E-state index in [1.54, 1.807) is 0 Å².